The second kappa shape index (κ2) is 5.70. The number of nitrogens with zero attached hydrogens (tertiary/aromatic N) is 1. The molecule has 2 aromatic carbocycles. The van der Waals surface area contributed by atoms with Gasteiger partial charge in [-0.25, -0.2) is 4.79 Å². The number of rotatable bonds is 1. The highest BCUT2D eigenvalue weighted by molar-refractivity contribution is 6.30. The summed E-state index contributed by atoms with van der Waals surface area (Å²) in [5, 5.41) is 2.04. The molecule has 2 aliphatic rings. The Balaban J connectivity index is 1.63. The van der Waals surface area contributed by atoms with E-state index in [4.69, 9.17) is 21.1 Å². The van der Waals surface area contributed by atoms with Crippen molar-refractivity contribution in [3.63, 3.8) is 0 Å². The van der Waals surface area contributed by atoms with Crippen molar-refractivity contribution in [2.45, 2.75) is 18.5 Å². The fraction of sp³-hybridized carbons (Fsp3) is 0.235. The van der Waals surface area contributed by atoms with Crippen LogP contribution in [0, 0.1) is 0 Å². The van der Waals surface area contributed by atoms with Crippen LogP contribution in [0.1, 0.15) is 5.56 Å². The minimum absolute atomic E-state index is 0.158. The molecular weight excluding hydrogens is 373 g/mol. The zero-order valence-electron chi connectivity index (χ0n) is 13.1. The summed E-state index contributed by atoms with van der Waals surface area (Å²) < 4.78 is 51.1. The number of carbonyl (C=O) groups excluding carboxylic acids is 1. The molecule has 0 unspecified atom stereocenters. The molecule has 2 aromatic rings. The Morgan fingerprint density at radius 3 is 2.65 bits per heavy atom. The van der Waals surface area contributed by atoms with Gasteiger partial charge >= 0.3 is 18.1 Å². The highest BCUT2D eigenvalue weighted by Gasteiger charge is 2.66. The molecule has 26 heavy (non-hydrogen) atoms. The van der Waals surface area contributed by atoms with Crippen molar-refractivity contribution >= 4 is 23.3 Å². The van der Waals surface area contributed by atoms with Crippen LogP contribution in [-0.4, -0.2) is 24.7 Å². The number of urea groups is 1. The van der Waals surface area contributed by atoms with Crippen LogP contribution in [-0.2, 0) is 6.42 Å². The number of benzene rings is 2. The largest absolute Gasteiger partial charge is 0.492 e. The molecule has 0 aliphatic carbocycles. The minimum atomic E-state index is -5.02. The van der Waals surface area contributed by atoms with E-state index in [1.165, 1.54) is 23.1 Å². The van der Waals surface area contributed by atoms with Gasteiger partial charge in [0, 0.05) is 23.3 Å². The van der Waals surface area contributed by atoms with E-state index >= 15 is 0 Å². The monoisotopic (exact) mass is 384 g/mol. The van der Waals surface area contributed by atoms with Gasteiger partial charge in [0.25, 0.3) is 0 Å². The maximum Gasteiger partial charge on any atom is 0.492 e. The van der Waals surface area contributed by atoms with Gasteiger partial charge < -0.3 is 9.47 Å². The average Bonchev–Trinajstić information content (AvgIpc) is 3.15. The lowest BCUT2D eigenvalue weighted by molar-refractivity contribution is -0.317. The van der Waals surface area contributed by atoms with Gasteiger partial charge in [-0.3, -0.25) is 10.2 Å². The van der Waals surface area contributed by atoms with E-state index in [1.54, 1.807) is 18.2 Å². The summed E-state index contributed by atoms with van der Waals surface area (Å²) in [4.78, 5) is 13.8. The molecule has 2 aliphatic heterocycles. The lowest BCUT2D eigenvalue weighted by atomic mass is 10.2. The quantitative estimate of drug-likeness (QED) is 0.805. The SMILES string of the molecule is O=C(N[C@]1(C(F)(F)F)Oc2ccc(Cl)cc2O1)N1CCc2ccccc21. The first kappa shape index (κ1) is 16.8. The number of anilines is 1. The van der Waals surface area contributed by atoms with E-state index < -0.39 is 18.1 Å². The number of ether oxygens (including phenoxy) is 2. The summed E-state index contributed by atoms with van der Waals surface area (Å²) in [6.07, 6.45) is -4.46. The van der Waals surface area contributed by atoms with Gasteiger partial charge in [0.1, 0.15) is 0 Å². The molecule has 0 radical (unpaired) electrons. The number of alkyl halides is 3. The molecule has 4 rings (SSSR count). The Morgan fingerprint density at radius 1 is 1.15 bits per heavy atom. The highest BCUT2D eigenvalue weighted by atomic mass is 35.5. The Bertz CT molecular complexity index is 890. The lowest BCUT2D eigenvalue weighted by Crippen LogP contribution is -2.66. The Hall–Kier alpha value is -2.61. The van der Waals surface area contributed by atoms with Gasteiger partial charge in [-0.15, -0.1) is 0 Å². The number of fused-ring (bicyclic) bond motifs is 2. The standard InChI is InChI=1S/C17H12ClF3N2O3/c18-11-5-6-13-14(9-11)26-17(25-13,16(19,20)21)22-15(24)23-8-7-10-3-1-2-4-12(10)23/h1-6,9H,7-8H2,(H,22,24)/t17-/m1/s1. The van der Waals surface area contributed by atoms with Gasteiger partial charge in [-0.05, 0) is 30.2 Å². The molecular formula is C17H12ClF3N2O3. The van der Waals surface area contributed by atoms with E-state index in [9.17, 15) is 18.0 Å². The minimum Gasteiger partial charge on any atom is -0.424 e. The second-order valence-electron chi connectivity index (χ2n) is 5.87. The first-order valence-corrected chi connectivity index (χ1v) is 8.09. The Labute approximate surface area is 151 Å². The van der Waals surface area contributed by atoms with Crippen LogP contribution in [0.25, 0.3) is 0 Å². The number of carbonyl (C=O) groups is 1. The lowest BCUT2D eigenvalue weighted by Gasteiger charge is -2.31. The maximum absolute atomic E-state index is 13.7. The summed E-state index contributed by atoms with van der Waals surface area (Å²) in [6.45, 7) is 0.262. The van der Waals surface area contributed by atoms with Crippen LogP contribution in [0.5, 0.6) is 11.5 Å². The molecule has 0 aromatic heterocycles. The Morgan fingerprint density at radius 2 is 1.88 bits per heavy atom. The fourth-order valence-electron chi connectivity index (χ4n) is 2.97. The molecule has 1 N–H and O–H groups in total. The van der Waals surface area contributed by atoms with Crippen LogP contribution in [0.2, 0.25) is 5.02 Å². The van der Waals surface area contributed by atoms with E-state index in [0.717, 1.165) is 5.56 Å². The summed E-state index contributed by atoms with van der Waals surface area (Å²) in [6, 6.07) is 9.87. The molecule has 5 nitrogen and oxygen atoms in total. The second-order valence-corrected chi connectivity index (χ2v) is 6.31. The van der Waals surface area contributed by atoms with Crippen molar-refractivity contribution in [1.29, 1.82) is 0 Å². The molecule has 136 valence electrons. The summed E-state index contributed by atoms with van der Waals surface area (Å²) in [5.74, 6) is -3.67. The number of hydrogen-bond acceptors (Lipinski definition) is 3. The van der Waals surface area contributed by atoms with Gasteiger partial charge in [0.15, 0.2) is 11.5 Å². The van der Waals surface area contributed by atoms with Gasteiger partial charge in [-0.1, -0.05) is 29.8 Å². The topological polar surface area (TPSA) is 50.8 Å². The van der Waals surface area contributed by atoms with Gasteiger partial charge in [0.05, 0.1) is 0 Å². The van der Waals surface area contributed by atoms with E-state index in [-0.39, 0.29) is 23.1 Å². The predicted octanol–water partition coefficient (Wildman–Crippen LogP) is 4.10. The third-order valence-electron chi connectivity index (χ3n) is 4.19. The molecule has 0 saturated carbocycles. The number of hydrogen-bond donors (Lipinski definition) is 1. The number of amides is 2. The zero-order valence-corrected chi connectivity index (χ0v) is 13.9. The molecule has 9 heteroatoms. The number of para-hydroxylation sites is 1. The number of nitrogens with one attached hydrogen (secondary N) is 1. The molecule has 0 saturated heterocycles. The smallest absolute Gasteiger partial charge is 0.424 e. The maximum atomic E-state index is 13.7. The molecule has 1 atom stereocenters. The van der Waals surface area contributed by atoms with Crippen LogP contribution < -0.4 is 19.7 Å². The van der Waals surface area contributed by atoms with Crippen molar-refractivity contribution in [2.75, 3.05) is 11.4 Å². The van der Waals surface area contributed by atoms with Crippen LogP contribution in [0.15, 0.2) is 42.5 Å². The van der Waals surface area contributed by atoms with Crippen LogP contribution in [0.4, 0.5) is 23.7 Å². The normalized spacial score (nSPS) is 20.8. The zero-order chi connectivity index (χ0) is 18.5. The van der Waals surface area contributed by atoms with Crippen molar-refractivity contribution in [1.82, 2.24) is 5.32 Å². The van der Waals surface area contributed by atoms with Crippen LogP contribution in [0.3, 0.4) is 0 Å². The van der Waals surface area contributed by atoms with Crippen molar-refractivity contribution < 1.29 is 27.4 Å². The molecule has 2 amide bonds. The third kappa shape index (κ3) is 2.61. The summed E-state index contributed by atoms with van der Waals surface area (Å²) >= 11 is 5.78. The summed E-state index contributed by atoms with van der Waals surface area (Å²) in [7, 11) is 0. The predicted molar refractivity (Wildman–Crippen MR) is 87.5 cm³/mol. The molecule has 0 fully saturated rings. The summed E-state index contributed by atoms with van der Waals surface area (Å²) in [5.41, 5.74) is 1.44. The fourth-order valence-corrected chi connectivity index (χ4v) is 3.13. The highest BCUT2D eigenvalue weighted by Crippen LogP contribution is 2.46. The molecule has 0 bridgehead atoms. The number of halogens is 4. The van der Waals surface area contributed by atoms with Crippen molar-refractivity contribution in [3.05, 3.63) is 53.1 Å². The third-order valence-corrected chi connectivity index (χ3v) is 4.43. The average molecular weight is 385 g/mol. The van der Waals surface area contributed by atoms with Gasteiger partial charge in [-0.2, -0.15) is 13.2 Å². The van der Waals surface area contributed by atoms with E-state index in [1.807, 2.05) is 11.4 Å². The Kier molecular flexibility index (Phi) is 3.69. The first-order valence-electron chi connectivity index (χ1n) is 7.71. The van der Waals surface area contributed by atoms with Gasteiger partial charge in [0.2, 0.25) is 0 Å². The van der Waals surface area contributed by atoms with Crippen molar-refractivity contribution in [3.8, 4) is 11.5 Å². The molecule has 2 heterocycles. The van der Waals surface area contributed by atoms with E-state index in [2.05, 4.69) is 0 Å². The molecule has 0 spiro atoms. The van der Waals surface area contributed by atoms with Crippen LogP contribution >= 0.6 is 11.6 Å². The van der Waals surface area contributed by atoms with E-state index in [0.29, 0.717) is 12.1 Å². The first-order chi connectivity index (χ1) is 12.3. The van der Waals surface area contributed by atoms with Crippen molar-refractivity contribution in [2.24, 2.45) is 0 Å².